The third-order valence-corrected chi connectivity index (χ3v) is 7.81. The molecule has 2 aromatic carbocycles. The maximum atomic E-state index is 13.5. The lowest BCUT2D eigenvalue weighted by atomic mass is 9.85. The van der Waals surface area contributed by atoms with E-state index in [0.29, 0.717) is 31.9 Å². The van der Waals surface area contributed by atoms with Gasteiger partial charge in [-0.15, -0.1) is 0 Å². The number of benzene rings is 2. The van der Waals surface area contributed by atoms with Gasteiger partial charge in [0.05, 0.1) is 31.4 Å². The Labute approximate surface area is 238 Å². The van der Waals surface area contributed by atoms with Crippen LogP contribution in [0.15, 0.2) is 48.0 Å². The van der Waals surface area contributed by atoms with Gasteiger partial charge in [-0.3, -0.25) is 14.5 Å². The second-order valence-corrected chi connectivity index (χ2v) is 11.9. The van der Waals surface area contributed by atoms with Crippen molar-refractivity contribution in [2.45, 2.75) is 65.3 Å². The summed E-state index contributed by atoms with van der Waals surface area (Å²) in [4.78, 5) is 30.8. The topological polar surface area (TPSA) is 79.3 Å². The van der Waals surface area contributed by atoms with Gasteiger partial charge in [-0.2, -0.15) is 0 Å². The van der Waals surface area contributed by atoms with Crippen LogP contribution in [-0.4, -0.2) is 72.6 Å². The first-order chi connectivity index (χ1) is 19.1. The Kier molecular flexibility index (Phi) is 9.69. The quantitative estimate of drug-likeness (QED) is 0.180. The predicted octanol–water partition coefficient (Wildman–Crippen LogP) is 5.62. The molecule has 40 heavy (non-hydrogen) atoms. The van der Waals surface area contributed by atoms with Crippen LogP contribution in [0.1, 0.15) is 75.3 Å². The third kappa shape index (κ3) is 6.76. The molecule has 2 aliphatic rings. The van der Waals surface area contributed by atoms with E-state index in [4.69, 9.17) is 9.47 Å². The fourth-order valence-electron chi connectivity index (χ4n) is 5.35. The first-order valence-electron chi connectivity index (χ1n) is 14.5. The fraction of sp³-hybridized carbons (Fsp3) is 0.515. The van der Waals surface area contributed by atoms with E-state index >= 15 is 0 Å². The SMILES string of the molecule is CCCCOc1ccc(C(O)=C2C(=O)C(=O)N(CCCN3CCOCC3)C2c2ccc(C(C)(C)C)cc2)cc1C. The highest BCUT2D eigenvalue weighted by molar-refractivity contribution is 6.46. The van der Waals surface area contributed by atoms with E-state index in [9.17, 15) is 14.7 Å². The van der Waals surface area contributed by atoms with E-state index in [2.05, 4.69) is 44.7 Å². The zero-order chi connectivity index (χ0) is 28.9. The van der Waals surface area contributed by atoms with E-state index in [-0.39, 0.29) is 16.7 Å². The highest BCUT2D eigenvalue weighted by atomic mass is 16.5. The van der Waals surface area contributed by atoms with Crippen LogP contribution in [0, 0.1) is 6.92 Å². The normalized spacial score (nSPS) is 19.8. The van der Waals surface area contributed by atoms with Crippen LogP contribution >= 0.6 is 0 Å². The average molecular weight is 549 g/mol. The number of hydrogen-bond acceptors (Lipinski definition) is 6. The van der Waals surface area contributed by atoms with Crippen molar-refractivity contribution in [3.8, 4) is 5.75 Å². The van der Waals surface area contributed by atoms with Gasteiger partial charge in [-0.05, 0) is 60.1 Å². The van der Waals surface area contributed by atoms with Crippen molar-refractivity contribution in [1.82, 2.24) is 9.80 Å². The number of unbranched alkanes of at least 4 members (excludes halogenated alkanes) is 1. The summed E-state index contributed by atoms with van der Waals surface area (Å²) in [5, 5.41) is 11.5. The average Bonchev–Trinajstić information content (AvgIpc) is 3.19. The molecule has 2 heterocycles. The van der Waals surface area contributed by atoms with Crippen molar-refractivity contribution in [3.63, 3.8) is 0 Å². The minimum atomic E-state index is -0.653. The molecule has 7 heteroatoms. The summed E-state index contributed by atoms with van der Waals surface area (Å²) in [6, 6.07) is 12.8. The van der Waals surface area contributed by atoms with Gasteiger partial charge in [-0.1, -0.05) is 58.4 Å². The number of carbonyl (C=O) groups is 2. The Balaban J connectivity index is 1.67. The van der Waals surface area contributed by atoms with Crippen LogP contribution in [0.5, 0.6) is 5.75 Å². The Morgan fingerprint density at radius 2 is 1.73 bits per heavy atom. The van der Waals surface area contributed by atoms with Crippen molar-refractivity contribution in [1.29, 1.82) is 0 Å². The lowest BCUT2D eigenvalue weighted by molar-refractivity contribution is -0.140. The first kappa shape index (κ1) is 29.8. The zero-order valence-corrected chi connectivity index (χ0v) is 24.7. The molecule has 1 atom stereocenters. The van der Waals surface area contributed by atoms with Gasteiger partial charge >= 0.3 is 0 Å². The van der Waals surface area contributed by atoms with Gasteiger partial charge in [0, 0.05) is 31.7 Å². The molecule has 2 saturated heterocycles. The number of hydrogen-bond donors (Lipinski definition) is 1. The molecule has 2 aliphatic heterocycles. The summed E-state index contributed by atoms with van der Waals surface area (Å²) in [6.07, 6.45) is 2.73. The summed E-state index contributed by atoms with van der Waals surface area (Å²) in [7, 11) is 0. The lowest BCUT2D eigenvalue weighted by Gasteiger charge is -2.29. The smallest absolute Gasteiger partial charge is 0.295 e. The fourth-order valence-corrected chi connectivity index (χ4v) is 5.35. The van der Waals surface area contributed by atoms with Gasteiger partial charge in [0.2, 0.25) is 0 Å². The summed E-state index contributed by atoms with van der Waals surface area (Å²) in [6.45, 7) is 15.5. The summed E-state index contributed by atoms with van der Waals surface area (Å²) in [5.74, 6) is -0.607. The second kappa shape index (κ2) is 13.0. The molecular weight excluding hydrogens is 504 g/mol. The maximum Gasteiger partial charge on any atom is 0.295 e. The molecule has 0 radical (unpaired) electrons. The number of ether oxygens (including phenoxy) is 2. The maximum absolute atomic E-state index is 13.5. The van der Waals surface area contributed by atoms with Crippen molar-refractivity contribution >= 4 is 17.4 Å². The Morgan fingerprint density at radius 3 is 2.35 bits per heavy atom. The Morgan fingerprint density at radius 1 is 1.02 bits per heavy atom. The molecule has 1 N–H and O–H groups in total. The number of likely N-dealkylation sites (tertiary alicyclic amines) is 1. The monoisotopic (exact) mass is 548 g/mol. The number of aliphatic hydroxyl groups excluding tert-OH is 1. The van der Waals surface area contributed by atoms with E-state index in [1.54, 1.807) is 11.0 Å². The molecule has 1 amide bonds. The zero-order valence-electron chi connectivity index (χ0n) is 24.7. The number of morpholine rings is 1. The number of Topliss-reactive ketones (excluding diaryl/α,β-unsaturated/α-hetero) is 1. The molecule has 0 aromatic heterocycles. The lowest BCUT2D eigenvalue weighted by Crippen LogP contribution is -2.39. The van der Waals surface area contributed by atoms with Gasteiger partial charge in [0.15, 0.2) is 0 Å². The van der Waals surface area contributed by atoms with Crippen molar-refractivity contribution in [2.24, 2.45) is 0 Å². The van der Waals surface area contributed by atoms with Gasteiger partial charge < -0.3 is 19.5 Å². The third-order valence-electron chi connectivity index (χ3n) is 7.81. The highest BCUT2D eigenvalue weighted by Crippen LogP contribution is 2.40. The largest absolute Gasteiger partial charge is 0.507 e. The summed E-state index contributed by atoms with van der Waals surface area (Å²) < 4.78 is 11.3. The molecule has 2 fully saturated rings. The van der Waals surface area contributed by atoms with Gasteiger partial charge in [0.25, 0.3) is 11.7 Å². The molecule has 2 aromatic rings. The van der Waals surface area contributed by atoms with Crippen LogP contribution in [0.3, 0.4) is 0 Å². The van der Waals surface area contributed by atoms with Crippen LogP contribution in [0.2, 0.25) is 0 Å². The number of rotatable bonds is 10. The van der Waals surface area contributed by atoms with E-state index in [0.717, 1.165) is 61.3 Å². The number of aryl methyl sites for hydroxylation is 1. The number of ketones is 1. The minimum Gasteiger partial charge on any atom is -0.507 e. The van der Waals surface area contributed by atoms with Crippen LogP contribution in [-0.2, 0) is 19.7 Å². The van der Waals surface area contributed by atoms with Crippen molar-refractivity contribution in [2.75, 3.05) is 46.0 Å². The first-order valence-corrected chi connectivity index (χ1v) is 14.5. The molecule has 7 nitrogen and oxygen atoms in total. The minimum absolute atomic E-state index is 0.0308. The van der Waals surface area contributed by atoms with Crippen LogP contribution in [0.4, 0.5) is 0 Å². The summed E-state index contributed by atoms with van der Waals surface area (Å²) >= 11 is 0. The van der Waals surface area contributed by atoms with E-state index in [1.807, 2.05) is 31.2 Å². The molecule has 0 aliphatic carbocycles. The van der Waals surface area contributed by atoms with Crippen LogP contribution < -0.4 is 4.74 Å². The van der Waals surface area contributed by atoms with E-state index in [1.165, 1.54) is 0 Å². The molecule has 1 unspecified atom stereocenters. The van der Waals surface area contributed by atoms with Gasteiger partial charge in [-0.25, -0.2) is 0 Å². The standard InChI is InChI=1S/C33H44N2O5/c1-6-7-19-40-27-14-11-25(22-23(27)2)30(36)28-29(24-9-12-26(13-10-24)33(3,4)5)35(32(38)31(28)37)16-8-15-34-17-20-39-21-18-34/h9-14,22,29,36H,6-8,15-21H2,1-5H3. The Hall–Kier alpha value is -3.16. The van der Waals surface area contributed by atoms with E-state index < -0.39 is 17.7 Å². The molecule has 0 bridgehead atoms. The van der Waals surface area contributed by atoms with Crippen LogP contribution in [0.25, 0.3) is 5.76 Å². The summed E-state index contributed by atoms with van der Waals surface area (Å²) in [5.41, 5.74) is 3.45. The number of carbonyl (C=O) groups excluding carboxylic acids is 2. The van der Waals surface area contributed by atoms with Gasteiger partial charge in [0.1, 0.15) is 11.5 Å². The molecule has 0 saturated carbocycles. The van der Waals surface area contributed by atoms with Crippen molar-refractivity contribution in [3.05, 3.63) is 70.3 Å². The predicted molar refractivity (Wildman–Crippen MR) is 158 cm³/mol. The molecular formula is C33H44N2O5. The van der Waals surface area contributed by atoms with Crippen molar-refractivity contribution < 1.29 is 24.2 Å². The Bertz CT molecular complexity index is 1220. The molecule has 216 valence electrons. The number of aliphatic hydroxyl groups is 1. The number of amides is 1. The second-order valence-electron chi connectivity index (χ2n) is 11.9. The molecule has 0 spiro atoms. The highest BCUT2D eigenvalue weighted by Gasteiger charge is 2.46. The number of nitrogens with zero attached hydrogens (tertiary/aromatic N) is 2. The molecule has 4 rings (SSSR count).